The Labute approximate surface area is 114 Å². The number of anilines is 1. The van der Waals surface area contributed by atoms with E-state index in [1.165, 1.54) is 5.69 Å². The van der Waals surface area contributed by atoms with Crippen LogP contribution < -0.4 is 15.4 Å². The third-order valence-electron chi connectivity index (χ3n) is 3.24. The second-order valence-electron chi connectivity index (χ2n) is 4.74. The van der Waals surface area contributed by atoms with Gasteiger partial charge in [0, 0.05) is 19.8 Å². The Morgan fingerprint density at radius 2 is 1.37 bits per heavy atom. The van der Waals surface area contributed by atoms with Crippen LogP contribution in [0.1, 0.15) is 17.2 Å². The van der Waals surface area contributed by atoms with Gasteiger partial charge in [-0.3, -0.25) is 0 Å². The number of nitrogens with two attached hydrogens (primary N) is 1. The van der Waals surface area contributed by atoms with E-state index in [-0.39, 0.29) is 6.04 Å². The average Bonchev–Trinajstić information content (AvgIpc) is 2.46. The largest absolute Gasteiger partial charge is 0.497 e. The maximum atomic E-state index is 6.28. The Balaban J connectivity index is 2.20. The van der Waals surface area contributed by atoms with Crippen LogP contribution in [0.5, 0.6) is 5.75 Å². The second kappa shape index (κ2) is 5.76. The first-order valence-corrected chi connectivity index (χ1v) is 6.28. The third-order valence-corrected chi connectivity index (χ3v) is 3.24. The first-order chi connectivity index (χ1) is 9.11. The second-order valence-corrected chi connectivity index (χ2v) is 4.74. The SMILES string of the molecule is COc1ccc(C(N)c2ccc(N(C)C)cc2)cc1. The maximum Gasteiger partial charge on any atom is 0.118 e. The molecule has 19 heavy (non-hydrogen) atoms. The topological polar surface area (TPSA) is 38.5 Å². The van der Waals surface area contributed by atoms with Gasteiger partial charge in [-0.2, -0.15) is 0 Å². The predicted molar refractivity (Wildman–Crippen MR) is 79.8 cm³/mol. The van der Waals surface area contributed by atoms with Crippen LogP contribution in [-0.2, 0) is 0 Å². The molecule has 0 aliphatic heterocycles. The number of nitrogens with zero attached hydrogens (tertiary/aromatic N) is 1. The highest BCUT2D eigenvalue weighted by Gasteiger charge is 2.09. The minimum absolute atomic E-state index is 0.109. The molecule has 2 rings (SSSR count). The molecule has 3 nitrogen and oxygen atoms in total. The van der Waals surface area contributed by atoms with Gasteiger partial charge in [-0.05, 0) is 35.4 Å². The highest BCUT2D eigenvalue weighted by Crippen LogP contribution is 2.23. The molecule has 0 radical (unpaired) electrons. The summed E-state index contributed by atoms with van der Waals surface area (Å²) in [5, 5.41) is 0. The zero-order valence-corrected chi connectivity index (χ0v) is 11.6. The fourth-order valence-corrected chi connectivity index (χ4v) is 1.98. The van der Waals surface area contributed by atoms with Crippen molar-refractivity contribution in [1.82, 2.24) is 0 Å². The first kappa shape index (κ1) is 13.4. The van der Waals surface area contributed by atoms with Gasteiger partial charge in [0.15, 0.2) is 0 Å². The molecule has 3 heteroatoms. The van der Waals surface area contributed by atoms with Crippen LogP contribution in [0.2, 0.25) is 0 Å². The summed E-state index contributed by atoms with van der Waals surface area (Å²) < 4.78 is 5.15. The molecule has 0 spiro atoms. The minimum Gasteiger partial charge on any atom is -0.497 e. The number of hydrogen-bond acceptors (Lipinski definition) is 3. The van der Waals surface area contributed by atoms with Gasteiger partial charge >= 0.3 is 0 Å². The number of hydrogen-bond donors (Lipinski definition) is 1. The molecule has 1 unspecified atom stereocenters. The molecular weight excluding hydrogens is 236 g/mol. The summed E-state index contributed by atoms with van der Waals surface area (Å²) >= 11 is 0. The van der Waals surface area contributed by atoms with Crippen LogP contribution in [-0.4, -0.2) is 21.2 Å². The highest BCUT2D eigenvalue weighted by molar-refractivity contribution is 5.47. The molecule has 0 bridgehead atoms. The summed E-state index contributed by atoms with van der Waals surface area (Å²) in [6, 6.07) is 16.1. The molecular formula is C16H20N2O. The van der Waals surface area contributed by atoms with Crippen molar-refractivity contribution in [3.8, 4) is 5.75 Å². The summed E-state index contributed by atoms with van der Waals surface area (Å²) in [6.07, 6.45) is 0. The van der Waals surface area contributed by atoms with E-state index in [4.69, 9.17) is 10.5 Å². The summed E-state index contributed by atoms with van der Waals surface area (Å²) in [5.41, 5.74) is 9.64. The number of ether oxygens (including phenoxy) is 1. The minimum atomic E-state index is -0.109. The van der Waals surface area contributed by atoms with E-state index in [0.717, 1.165) is 16.9 Å². The van der Waals surface area contributed by atoms with E-state index in [2.05, 4.69) is 29.2 Å². The van der Waals surface area contributed by atoms with Crippen LogP contribution >= 0.6 is 0 Å². The number of methoxy groups -OCH3 is 1. The van der Waals surface area contributed by atoms with Crippen molar-refractivity contribution in [2.75, 3.05) is 26.1 Å². The summed E-state index contributed by atoms with van der Waals surface area (Å²) in [5.74, 6) is 0.846. The lowest BCUT2D eigenvalue weighted by molar-refractivity contribution is 0.414. The fraction of sp³-hybridized carbons (Fsp3) is 0.250. The maximum absolute atomic E-state index is 6.28. The van der Waals surface area contributed by atoms with Crippen molar-refractivity contribution in [3.63, 3.8) is 0 Å². The molecule has 0 fully saturated rings. The molecule has 0 amide bonds. The molecule has 0 aromatic heterocycles. The van der Waals surface area contributed by atoms with Gasteiger partial charge in [-0.15, -0.1) is 0 Å². The van der Waals surface area contributed by atoms with Crippen molar-refractivity contribution in [2.24, 2.45) is 5.73 Å². The lowest BCUT2D eigenvalue weighted by atomic mass is 9.99. The Morgan fingerprint density at radius 1 is 0.895 bits per heavy atom. The first-order valence-electron chi connectivity index (χ1n) is 6.28. The molecule has 0 saturated heterocycles. The number of benzene rings is 2. The van der Waals surface area contributed by atoms with Crippen molar-refractivity contribution >= 4 is 5.69 Å². The van der Waals surface area contributed by atoms with E-state index in [1.807, 2.05) is 38.4 Å². The van der Waals surface area contributed by atoms with Crippen molar-refractivity contribution in [1.29, 1.82) is 0 Å². The van der Waals surface area contributed by atoms with E-state index in [1.54, 1.807) is 7.11 Å². The average molecular weight is 256 g/mol. The van der Waals surface area contributed by atoms with Crippen molar-refractivity contribution < 1.29 is 4.74 Å². The van der Waals surface area contributed by atoms with E-state index in [9.17, 15) is 0 Å². The van der Waals surface area contributed by atoms with Crippen molar-refractivity contribution in [3.05, 3.63) is 59.7 Å². The van der Waals surface area contributed by atoms with Crippen LogP contribution in [0.25, 0.3) is 0 Å². The van der Waals surface area contributed by atoms with E-state index < -0.39 is 0 Å². The number of rotatable bonds is 4. The molecule has 100 valence electrons. The zero-order chi connectivity index (χ0) is 13.8. The fourth-order valence-electron chi connectivity index (χ4n) is 1.98. The van der Waals surface area contributed by atoms with Crippen LogP contribution in [0.15, 0.2) is 48.5 Å². The molecule has 0 saturated carbocycles. The Morgan fingerprint density at radius 3 is 1.79 bits per heavy atom. The van der Waals surface area contributed by atoms with Gasteiger partial charge in [0.1, 0.15) is 5.75 Å². The van der Waals surface area contributed by atoms with E-state index >= 15 is 0 Å². The molecule has 0 aliphatic carbocycles. The molecule has 2 aromatic carbocycles. The standard InChI is InChI=1S/C16H20N2O/c1-18(2)14-8-4-12(5-9-14)16(17)13-6-10-15(19-3)11-7-13/h4-11,16H,17H2,1-3H3. The molecule has 0 heterocycles. The Bertz CT molecular complexity index is 517. The molecule has 2 N–H and O–H groups in total. The van der Waals surface area contributed by atoms with Crippen LogP contribution in [0, 0.1) is 0 Å². The Hall–Kier alpha value is -2.00. The van der Waals surface area contributed by atoms with Gasteiger partial charge in [0.2, 0.25) is 0 Å². The van der Waals surface area contributed by atoms with Crippen molar-refractivity contribution in [2.45, 2.75) is 6.04 Å². The van der Waals surface area contributed by atoms with E-state index in [0.29, 0.717) is 0 Å². The quantitative estimate of drug-likeness (QED) is 0.914. The normalized spacial score (nSPS) is 12.0. The van der Waals surface area contributed by atoms with Gasteiger partial charge in [-0.1, -0.05) is 24.3 Å². The van der Waals surface area contributed by atoms with Gasteiger partial charge in [0.05, 0.1) is 13.2 Å². The van der Waals surface area contributed by atoms with Crippen LogP contribution in [0.3, 0.4) is 0 Å². The van der Waals surface area contributed by atoms with Gasteiger partial charge in [0.25, 0.3) is 0 Å². The monoisotopic (exact) mass is 256 g/mol. The van der Waals surface area contributed by atoms with Gasteiger partial charge in [-0.25, -0.2) is 0 Å². The molecule has 2 aromatic rings. The zero-order valence-electron chi connectivity index (χ0n) is 11.6. The summed E-state index contributed by atoms with van der Waals surface area (Å²) in [4.78, 5) is 2.07. The molecule has 0 aliphatic rings. The lowest BCUT2D eigenvalue weighted by Crippen LogP contribution is -2.13. The smallest absolute Gasteiger partial charge is 0.118 e. The lowest BCUT2D eigenvalue weighted by Gasteiger charge is -2.16. The van der Waals surface area contributed by atoms with Gasteiger partial charge < -0.3 is 15.4 Å². The Kier molecular flexibility index (Phi) is 4.07. The van der Waals surface area contributed by atoms with Crippen LogP contribution in [0.4, 0.5) is 5.69 Å². The summed E-state index contributed by atoms with van der Waals surface area (Å²) in [7, 11) is 5.71. The third kappa shape index (κ3) is 3.06. The predicted octanol–water partition coefficient (Wildman–Crippen LogP) is 2.81. The highest BCUT2D eigenvalue weighted by atomic mass is 16.5. The molecule has 1 atom stereocenters. The summed E-state index contributed by atoms with van der Waals surface area (Å²) in [6.45, 7) is 0.